The number of pyridine rings is 2. The van der Waals surface area contributed by atoms with Gasteiger partial charge in [0.05, 0.1) is 11.2 Å². The van der Waals surface area contributed by atoms with Crippen molar-refractivity contribution in [1.29, 1.82) is 0 Å². The van der Waals surface area contributed by atoms with Crippen LogP contribution in [0.2, 0.25) is 0 Å². The topological polar surface area (TPSA) is 87.9 Å². The SMILES string of the molecule is Cc1cccnc1[C@@H]1c2ccc(F)c(F)c2OC/C=C/C2(CCC2)N2CN1n1ccc(=O)c(O)c1C2=O. The van der Waals surface area contributed by atoms with Gasteiger partial charge in [0, 0.05) is 24.0 Å². The Hall–Kier alpha value is -4.21. The highest BCUT2D eigenvalue weighted by atomic mass is 19.2. The smallest absolute Gasteiger partial charge is 0.278 e. The van der Waals surface area contributed by atoms with Gasteiger partial charge < -0.3 is 14.7 Å². The third-order valence-corrected chi connectivity index (χ3v) is 7.56. The van der Waals surface area contributed by atoms with Crippen molar-refractivity contribution in [1.82, 2.24) is 14.6 Å². The van der Waals surface area contributed by atoms with Crippen molar-refractivity contribution < 1.29 is 23.4 Å². The predicted octanol–water partition coefficient (Wildman–Crippen LogP) is 3.55. The molecule has 10 heteroatoms. The average Bonchev–Trinajstić information content (AvgIpc) is 2.88. The Kier molecular flexibility index (Phi) is 5.29. The second kappa shape index (κ2) is 8.43. The second-order valence-electron chi connectivity index (χ2n) is 9.59. The summed E-state index contributed by atoms with van der Waals surface area (Å²) in [4.78, 5) is 32.4. The first-order chi connectivity index (χ1) is 17.8. The standard InChI is InChI=1S/C27H24F2N4O4/c1-16-5-2-12-30-21(16)22-17-6-7-18(28)20(29)25(17)37-14-4-11-27(9-3-10-27)31-15-33(22)32-13-8-19(34)24(35)23(32)26(31)36/h2,4-8,11-13,22,35H,3,9-10,14-15H2,1H3/b11-4+/t22-/m0/s1. The molecule has 1 fully saturated rings. The fourth-order valence-corrected chi connectivity index (χ4v) is 5.49. The first kappa shape index (κ1) is 23.2. The van der Waals surface area contributed by atoms with E-state index < -0.39 is 40.3 Å². The summed E-state index contributed by atoms with van der Waals surface area (Å²) in [5.41, 5.74) is 0.0213. The Labute approximate surface area is 211 Å². The Morgan fingerprint density at radius 2 is 1.97 bits per heavy atom. The van der Waals surface area contributed by atoms with E-state index in [0.717, 1.165) is 24.1 Å². The number of amides is 1. The highest BCUT2D eigenvalue weighted by Gasteiger charge is 2.49. The maximum absolute atomic E-state index is 15.2. The molecule has 37 heavy (non-hydrogen) atoms. The quantitative estimate of drug-likeness (QED) is 0.508. The van der Waals surface area contributed by atoms with E-state index in [4.69, 9.17) is 4.74 Å². The van der Waals surface area contributed by atoms with Crippen molar-refractivity contribution in [3.63, 3.8) is 0 Å². The van der Waals surface area contributed by atoms with Crippen LogP contribution in [0.15, 0.2) is 59.7 Å². The fourth-order valence-electron chi connectivity index (χ4n) is 5.49. The molecule has 1 N–H and O–H groups in total. The molecule has 190 valence electrons. The molecule has 2 bridgehead atoms. The number of carbonyl (C=O) groups is 1. The van der Waals surface area contributed by atoms with Gasteiger partial charge in [-0.05, 0) is 56.0 Å². The highest BCUT2D eigenvalue weighted by molar-refractivity contribution is 5.97. The van der Waals surface area contributed by atoms with Crippen LogP contribution in [0.5, 0.6) is 11.5 Å². The zero-order chi connectivity index (χ0) is 25.9. The maximum Gasteiger partial charge on any atom is 0.278 e. The lowest BCUT2D eigenvalue weighted by atomic mass is 9.74. The third kappa shape index (κ3) is 3.42. The molecule has 3 aromatic rings. The Morgan fingerprint density at radius 1 is 1.16 bits per heavy atom. The molecule has 1 spiro atoms. The number of rotatable bonds is 1. The molecule has 6 rings (SSSR count). The van der Waals surface area contributed by atoms with Crippen LogP contribution in [-0.4, -0.2) is 44.4 Å². The molecule has 2 aliphatic heterocycles. The van der Waals surface area contributed by atoms with Gasteiger partial charge in [0.15, 0.2) is 23.0 Å². The van der Waals surface area contributed by atoms with Gasteiger partial charge in [0.2, 0.25) is 11.2 Å². The molecular weight excluding hydrogens is 482 g/mol. The largest absolute Gasteiger partial charge is 0.502 e. The van der Waals surface area contributed by atoms with E-state index in [2.05, 4.69) is 4.98 Å². The summed E-state index contributed by atoms with van der Waals surface area (Å²) in [5.74, 6) is -3.61. The molecule has 1 aromatic carbocycles. The van der Waals surface area contributed by atoms with Gasteiger partial charge >= 0.3 is 0 Å². The van der Waals surface area contributed by atoms with E-state index in [-0.39, 0.29) is 30.3 Å². The molecule has 0 radical (unpaired) electrons. The van der Waals surface area contributed by atoms with Crippen LogP contribution in [0.1, 0.15) is 52.6 Å². The van der Waals surface area contributed by atoms with Crippen molar-refractivity contribution in [2.75, 3.05) is 18.3 Å². The second-order valence-corrected chi connectivity index (χ2v) is 9.59. The lowest BCUT2D eigenvalue weighted by Crippen LogP contribution is -2.64. The van der Waals surface area contributed by atoms with Crippen molar-refractivity contribution in [2.24, 2.45) is 0 Å². The van der Waals surface area contributed by atoms with Crippen LogP contribution in [0.3, 0.4) is 0 Å². The van der Waals surface area contributed by atoms with Crippen LogP contribution in [0.25, 0.3) is 0 Å². The Balaban J connectivity index is 1.69. The van der Waals surface area contributed by atoms with E-state index in [1.807, 2.05) is 19.1 Å². The zero-order valence-corrected chi connectivity index (χ0v) is 20.0. The van der Waals surface area contributed by atoms with E-state index >= 15 is 4.39 Å². The zero-order valence-electron chi connectivity index (χ0n) is 20.0. The van der Waals surface area contributed by atoms with Crippen LogP contribution < -0.4 is 15.2 Å². The number of hydrogen-bond donors (Lipinski definition) is 1. The number of benzene rings is 1. The maximum atomic E-state index is 15.2. The Morgan fingerprint density at radius 3 is 2.70 bits per heavy atom. The highest BCUT2D eigenvalue weighted by Crippen LogP contribution is 2.45. The lowest BCUT2D eigenvalue weighted by molar-refractivity contribution is 0.0255. The molecule has 4 heterocycles. The van der Waals surface area contributed by atoms with Gasteiger partial charge in [-0.2, -0.15) is 4.39 Å². The first-order valence-electron chi connectivity index (χ1n) is 12.1. The fraction of sp³-hybridized carbons (Fsp3) is 0.296. The molecule has 1 aliphatic carbocycles. The summed E-state index contributed by atoms with van der Waals surface area (Å²) >= 11 is 0. The van der Waals surface area contributed by atoms with E-state index in [0.29, 0.717) is 18.5 Å². The molecular formula is C27H24F2N4O4. The van der Waals surface area contributed by atoms with Gasteiger partial charge in [0.1, 0.15) is 19.3 Å². The van der Waals surface area contributed by atoms with Crippen molar-refractivity contribution >= 4 is 5.91 Å². The molecule has 3 aliphatic rings. The molecule has 0 unspecified atom stereocenters. The van der Waals surface area contributed by atoms with Crippen LogP contribution >= 0.6 is 0 Å². The minimum Gasteiger partial charge on any atom is -0.502 e. The molecule has 0 saturated heterocycles. The molecule has 1 amide bonds. The predicted molar refractivity (Wildman–Crippen MR) is 130 cm³/mol. The van der Waals surface area contributed by atoms with Crippen LogP contribution in [0, 0.1) is 18.6 Å². The van der Waals surface area contributed by atoms with Crippen LogP contribution in [0.4, 0.5) is 8.78 Å². The minimum atomic E-state index is -1.13. The van der Waals surface area contributed by atoms with Gasteiger partial charge in [-0.15, -0.1) is 0 Å². The normalized spacial score (nSPS) is 20.8. The molecule has 1 atom stereocenters. The van der Waals surface area contributed by atoms with Gasteiger partial charge in [0.25, 0.3) is 5.91 Å². The van der Waals surface area contributed by atoms with Crippen LogP contribution in [-0.2, 0) is 0 Å². The number of ether oxygens (including phenoxy) is 1. The number of halogens is 2. The van der Waals surface area contributed by atoms with Crippen molar-refractivity contribution in [3.8, 4) is 11.5 Å². The number of fused-ring (bicyclic) bond motifs is 6. The third-order valence-electron chi connectivity index (χ3n) is 7.56. The summed E-state index contributed by atoms with van der Waals surface area (Å²) in [6, 6.07) is 6.38. The summed E-state index contributed by atoms with van der Waals surface area (Å²) in [5, 5.41) is 12.5. The molecule has 1 saturated carbocycles. The summed E-state index contributed by atoms with van der Waals surface area (Å²) in [7, 11) is 0. The average molecular weight is 507 g/mol. The number of carbonyl (C=O) groups excluding carboxylic acids is 1. The Bertz CT molecular complexity index is 1510. The van der Waals surface area contributed by atoms with E-state index in [1.54, 1.807) is 28.2 Å². The monoisotopic (exact) mass is 506 g/mol. The van der Waals surface area contributed by atoms with Gasteiger partial charge in [-0.3, -0.25) is 24.3 Å². The van der Waals surface area contributed by atoms with Crippen molar-refractivity contribution in [2.45, 2.75) is 37.8 Å². The lowest BCUT2D eigenvalue weighted by Gasteiger charge is -2.53. The number of aromatic nitrogens is 2. The van der Waals surface area contributed by atoms with Gasteiger partial charge in [-0.1, -0.05) is 12.1 Å². The van der Waals surface area contributed by atoms with Gasteiger partial charge in [-0.25, -0.2) is 4.39 Å². The minimum absolute atomic E-state index is 0.0393. The number of aryl methyl sites for hydroxylation is 1. The molecule has 2 aromatic heterocycles. The summed E-state index contributed by atoms with van der Waals surface area (Å²) < 4.78 is 36.9. The summed E-state index contributed by atoms with van der Waals surface area (Å²) in [6.45, 7) is 1.85. The van der Waals surface area contributed by atoms with E-state index in [9.17, 15) is 19.1 Å². The number of nitrogens with zero attached hydrogens (tertiary/aromatic N) is 4. The summed E-state index contributed by atoms with van der Waals surface area (Å²) in [6.07, 6.45) is 8.77. The number of hydrogen-bond acceptors (Lipinski definition) is 6. The first-order valence-corrected chi connectivity index (χ1v) is 12.1. The molecule has 8 nitrogen and oxygen atoms in total. The van der Waals surface area contributed by atoms with Crippen molar-refractivity contribution in [3.05, 3.63) is 99.3 Å². The van der Waals surface area contributed by atoms with E-state index in [1.165, 1.54) is 16.9 Å². The number of aromatic hydroxyl groups is 1.